The Balaban J connectivity index is 1.30. The Morgan fingerprint density at radius 1 is 0.981 bits per heavy atom. The van der Waals surface area contributed by atoms with E-state index in [0.29, 0.717) is 60.4 Å². The number of esters is 1. The van der Waals surface area contributed by atoms with Crippen molar-refractivity contribution in [1.29, 1.82) is 0 Å². The van der Waals surface area contributed by atoms with Crippen LogP contribution >= 0.6 is 0 Å². The molecule has 0 aromatic heterocycles. The minimum absolute atomic E-state index is 0.0250. The highest BCUT2D eigenvalue weighted by Crippen LogP contribution is 2.68. The molecule has 290 valence electrons. The number of benzene rings is 1. The molecule has 3 fully saturated rings. The second-order valence-electron chi connectivity index (χ2n) is 17.5. The third-order valence-electron chi connectivity index (χ3n) is 12.6. The van der Waals surface area contributed by atoms with E-state index in [2.05, 4.69) is 30.9 Å². The fourth-order valence-electron chi connectivity index (χ4n) is 9.73. The Labute approximate surface area is 320 Å². The van der Waals surface area contributed by atoms with E-state index in [1.54, 1.807) is 19.1 Å². The van der Waals surface area contributed by atoms with Crippen molar-refractivity contribution in [1.82, 2.24) is 4.90 Å². The monoisotopic (exact) mass is 739 g/mol. The molecule has 5 atom stereocenters. The van der Waals surface area contributed by atoms with Crippen LogP contribution < -0.4 is 9.47 Å². The number of ether oxygens (including phenoxy) is 4. The Bertz CT molecular complexity index is 1920. The zero-order valence-corrected chi connectivity index (χ0v) is 33.4. The number of phenols is 1. The van der Waals surface area contributed by atoms with Gasteiger partial charge in [-0.1, -0.05) is 41.9 Å². The molecule has 9 heteroatoms. The van der Waals surface area contributed by atoms with Gasteiger partial charge in [-0.2, -0.15) is 0 Å². The van der Waals surface area contributed by atoms with Crippen LogP contribution in [0.5, 0.6) is 17.2 Å². The summed E-state index contributed by atoms with van der Waals surface area (Å²) in [6.07, 6.45) is 17.5. The first-order valence-electron chi connectivity index (χ1n) is 19.9. The molecule has 2 saturated heterocycles. The number of rotatable bonds is 11. The predicted molar refractivity (Wildman–Crippen MR) is 208 cm³/mol. The predicted octanol–water partition coefficient (Wildman–Crippen LogP) is 8.18. The van der Waals surface area contributed by atoms with Crippen LogP contribution in [0.25, 0.3) is 6.08 Å². The highest BCUT2D eigenvalue weighted by molar-refractivity contribution is 6.19. The lowest BCUT2D eigenvalue weighted by Crippen LogP contribution is -2.72. The molecule has 0 unspecified atom stereocenters. The minimum Gasteiger partial charge on any atom is -0.506 e. The van der Waals surface area contributed by atoms with Crippen LogP contribution in [-0.2, 0) is 25.5 Å². The van der Waals surface area contributed by atoms with Gasteiger partial charge in [0.2, 0.25) is 0 Å². The molecule has 1 spiro atoms. The van der Waals surface area contributed by atoms with Crippen LogP contribution in [0, 0.1) is 11.8 Å². The number of hydrogen-bond donors (Lipinski definition) is 1. The first-order chi connectivity index (χ1) is 25.5. The lowest BCUT2D eigenvalue weighted by atomic mass is 9.51. The fraction of sp³-hybridized carbons (Fsp3) is 0.578. The average molecular weight is 740 g/mol. The zero-order chi connectivity index (χ0) is 38.8. The number of hydrogen-bond acceptors (Lipinski definition) is 9. The van der Waals surface area contributed by atoms with E-state index in [-0.39, 0.29) is 41.0 Å². The van der Waals surface area contributed by atoms with Gasteiger partial charge < -0.3 is 24.1 Å². The van der Waals surface area contributed by atoms with Gasteiger partial charge in [0.1, 0.15) is 35.0 Å². The summed E-state index contributed by atoms with van der Waals surface area (Å²) in [5, 5.41) is 11.9. The molecule has 1 aromatic carbocycles. The normalized spacial score (nSPS) is 30.4. The van der Waals surface area contributed by atoms with Crippen molar-refractivity contribution in [2.24, 2.45) is 11.8 Å². The summed E-state index contributed by atoms with van der Waals surface area (Å²) in [7, 11) is 0. The Kier molecular flexibility index (Phi) is 9.91. The van der Waals surface area contributed by atoms with Crippen LogP contribution in [-0.4, -0.2) is 76.2 Å². The SMILES string of the molecule is CC(C)=CCC[C@]1(C)C=Cc2c(O)c3c(c(CC=C(C)C)c2O1)O[C@]12C(=C[C@@H]4C[C@H]1C(C)(C)O[C@@]2(C/C=C(/C)C(=O)OCCN1CCCCC1)C4=O)C3=O. The summed E-state index contributed by atoms with van der Waals surface area (Å²) in [5.74, 6) is -1.39. The molecule has 3 aliphatic carbocycles. The van der Waals surface area contributed by atoms with Crippen LogP contribution in [0.4, 0.5) is 0 Å². The molecule has 4 bridgehead atoms. The van der Waals surface area contributed by atoms with Gasteiger partial charge in [-0.05, 0) is 119 Å². The number of carbonyl (C=O) groups excluding carboxylic acids is 3. The fourth-order valence-corrected chi connectivity index (χ4v) is 9.73. The smallest absolute Gasteiger partial charge is 0.333 e. The molecule has 9 nitrogen and oxygen atoms in total. The second kappa shape index (κ2) is 14.0. The molecule has 7 aliphatic rings. The highest BCUT2D eigenvalue weighted by atomic mass is 16.6. The molecule has 0 radical (unpaired) electrons. The molecular formula is C45H57NO8. The Hall–Kier alpha value is -3.95. The molecule has 54 heavy (non-hydrogen) atoms. The summed E-state index contributed by atoms with van der Waals surface area (Å²) >= 11 is 0. The van der Waals surface area contributed by atoms with Crippen LogP contribution in [0.2, 0.25) is 0 Å². The number of fused-ring (bicyclic) bond motifs is 2. The van der Waals surface area contributed by atoms with E-state index in [4.69, 9.17) is 18.9 Å². The van der Waals surface area contributed by atoms with Gasteiger partial charge in [0.15, 0.2) is 22.8 Å². The maximum Gasteiger partial charge on any atom is 0.333 e. The van der Waals surface area contributed by atoms with E-state index in [1.807, 2.05) is 46.8 Å². The van der Waals surface area contributed by atoms with Crippen molar-refractivity contribution in [2.45, 2.75) is 129 Å². The molecule has 1 aromatic rings. The average Bonchev–Trinajstić information content (AvgIpc) is 3.27. The molecule has 1 N–H and O–H groups in total. The van der Waals surface area contributed by atoms with Crippen molar-refractivity contribution in [2.75, 3.05) is 26.2 Å². The third kappa shape index (κ3) is 6.19. The van der Waals surface area contributed by atoms with E-state index < -0.39 is 34.3 Å². The summed E-state index contributed by atoms with van der Waals surface area (Å²) in [5.41, 5.74) is -0.407. The number of ketones is 2. The quantitative estimate of drug-likeness (QED) is 0.136. The van der Waals surface area contributed by atoms with Crippen LogP contribution in [0.3, 0.4) is 0 Å². The number of likely N-dealkylation sites (tertiary alicyclic amines) is 1. The number of nitrogens with zero attached hydrogens (tertiary/aromatic N) is 1. The summed E-state index contributed by atoms with van der Waals surface area (Å²) < 4.78 is 26.7. The van der Waals surface area contributed by atoms with Gasteiger partial charge in [-0.15, -0.1) is 0 Å². The lowest BCUT2D eigenvalue weighted by molar-refractivity contribution is -0.171. The van der Waals surface area contributed by atoms with E-state index in [0.717, 1.165) is 37.9 Å². The first-order valence-corrected chi connectivity index (χ1v) is 19.9. The van der Waals surface area contributed by atoms with E-state index >= 15 is 0 Å². The van der Waals surface area contributed by atoms with Crippen LogP contribution in [0.1, 0.15) is 122 Å². The van der Waals surface area contributed by atoms with E-state index in [9.17, 15) is 19.5 Å². The number of Topliss-reactive ketones (excluding diaryl/α,β-unsaturated/α-hetero) is 2. The van der Waals surface area contributed by atoms with Crippen molar-refractivity contribution < 1.29 is 38.4 Å². The van der Waals surface area contributed by atoms with Gasteiger partial charge in [-0.3, -0.25) is 14.5 Å². The number of piperidine rings is 1. The van der Waals surface area contributed by atoms with Crippen LogP contribution in [0.15, 0.2) is 52.7 Å². The largest absolute Gasteiger partial charge is 0.506 e. The Morgan fingerprint density at radius 2 is 1.70 bits per heavy atom. The third-order valence-corrected chi connectivity index (χ3v) is 12.6. The number of aromatic hydroxyl groups is 1. The van der Waals surface area contributed by atoms with Gasteiger partial charge in [-0.25, -0.2) is 4.79 Å². The molecular weight excluding hydrogens is 682 g/mol. The summed E-state index contributed by atoms with van der Waals surface area (Å²) in [4.78, 5) is 45.2. The van der Waals surface area contributed by atoms with Gasteiger partial charge in [0.25, 0.3) is 0 Å². The molecule has 8 rings (SSSR count). The second-order valence-corrected chi connectivity index (χ2v) is 17.5. The minimum atomic E-state index is -1.59. The van der Waals surface area contributed by atoms with Gasteiger partial charge >= 0.3 is 5.97 Å². The first kappa shape index (κ1) is 38.3. The zero-order valence-electron chi connectivity index (χ0n) is 33.4. The summed E-state index contributed by atoms with van der Waals surface area (Å²) in [6.45, 7) is 18.8. The van der Waals surface area contributed by atoms with Crippen molar-refractivity contribution in [3.05, 3.63) is 69.4 Å². The maximum atomic E-state index is 15.0. The Morgan fingerprint density at radius 3 is 2.41 bits per heavy atom. The van der Waals surface area contributed by atoms with Crippen molar-refractivity contribution in [3.8, 4) is 17.2 Å². The van der Waals surface area contributed by atoms with Crippen molar-refractivity contribution >= 4 is 23.6 Å². The summed E-state index contributed by atoms with van der Waals surface area (Å²) in [6, 6.07) is 0. The van der Waals surface area contributed by atoms with Gasteiger partial charge in [0.05, 0.1) is 11.2 Å². The maximum absolute atomic E-state index is 15.0. The van der Waals surface area contributed by atoms with E-state index in [1.165, 1.54) is 12.0 Å². The molecule has 4 heterocycles. The lowest BCUT2D eigenvalue weighted by Gasteiger charge is -2.56. The number of carbonyl (C=O) groups is 3. The highest BCUT2D eigenvalue weighted by Gasteiger charge is 2.81. The van der Waals surface area contributed by atoms with Crippen molar-refractivity contribution in [3.63, 3.8) is 0 Å². The molecule has 1 saturated carbocycles. The molecule has 4 aliphatic heterocycles. The topological polar surface area (TPSA) is 112 Å². The standard InChI is InChI=1S/C45H57NO8/c1-27(2)13-12-18-43(8)19-17-31-36(47)35-37(48)33-25-30-26-34-42(6,7)54-44(40(30)49,20-16-29(5)41(50)51-24-23-46-21-10-9-11-22-46)45(33,34)53-39(35)32(38(31)52-43)15-14-28(3)4/h13-14,16-17,19,25,30,34,47H,9-12,15,18,20-24,26H2,1-8H3/b29-16-/t30-,34+,43-,44+,45-/m1/s1. The number of allylic oxidation sites excluding steroid dienone is 5. The molecule has 0 amide bonds. The number of phenolic OH excluding ortho intramolecular Hbond substituents is 1. The van der Waals surface area contributed by atoms with Gasteiger partial charge in [0, 0.05) is 41.5 Å².